The fraction of sp³-hybridized carbons (Fsp3) is 0.622. The van der Waals surface area contributed by atoms with E-state index in [-0.39, 0.29) is 12.1 Å². The first-order chi connectivity index (χ1) is 23.9. The van der Waals surface area contributed by atoms with Crippen molar-refractivity contribution in [2.45, 2.75) is 91.4 Å². The molecule has 12 heteroatoms. The second kappa shape index (κ2) is 19.8. The van der Waals surface area contributed by atoms with Crippen molar-refractivity contribution in [2.75, 3.05) is 52.9 Å². The van der Waals surface area contributed by atoms with Gasteiger partial charge in [-0.15, -0.1) is 0 Å². The topological polar surface area (TPSA) is 98.6 Å². The van der Waals surface area contributed by atoms with Gasteiger partial charge in [0, 0.05) is 51.7 Å². The molecule has 0 saturated heterocycles. The van der Waals surface area contributed by atoms with E-state index in [1.54, 1.807) is 0 Å². The first-order valence-electron chi connectivity index (χ1n) is 18.3. The molecule has 2 atom stereocenters. The Balaban J connectivity index is 1.76. The molecule has 272 valence electrons. The lowest BCUT2D eigenvalue weighted by molar-refractivity contribution is 0.0698. The molecule has 2 aromatic rings. The molecule has 0 N–H and O–H groups in total. The second-order valence-electron chi connectivity index (χ2n) is 12.1. The molecular weight excluding hydrogens is 657 g/mol. The van der Waals surface area contributed by atoms with Gasteiger partial charge < -0.3 is 36.0 Å². The highest BCUT2D eigenvalue weighted by Gasteiger charge is 2.51. The zero-order valence-corrected chi connectivity index (χ0v) is 32.5. The first kappa shape index (κ1) is 39.4. The monoisotopic (exact) mass is 714 g/mol. The molecule has 0 unspecified atom stereocenters. The van der Waals surface area contributed by atoms with Gasteiger partial charge in [-0.3, -0.25) is 0 Å². The van der Waals surface area contributed by atoms with Crippen molar-refractivity contribution in [3.05, 3.63) is 71.8 Å². The number of hydrogen-bond donors (Lipinski definition) is 0. The lowest BCUT2D eigenvalue weighted by Gasteiger charge is -2.35. The number of rotatable bonds is 24. The number of nitrogens with zero attached hydrogens (tertiary/aromatic N) is 2. The normalized spacial score (nSPS) is 18.2. The zero-order chi connectivity index (χ0) is 35.0. The highest BCUT2D eigenvalue weighted by molar-refractivity contribution is 6.61. The minimum atomic E-state index is -2.91. The third-order valence-electron chi connectivity index (χ3n) is 8.85. The van der Waals surface area contributed by atoms with E-state index in [4.69, 9.17) is 46.0 Å². The Bertz CT molecular complexity index is 1170. The van der Waals surface area contributed by atoms with Crippen LogP contribution in [0.25, 0.3) is 0 Å². The molecule has 0 radical (unpaired) electrons. The van der Waals surface area contributed by atoms with E-state index in [1.807, 2.05) is 77.9 Å². The van der Waals surface area contributed by atoms with Gasteiger partial charge in [-0.25, -0.2) is 9.98 Å². The Labute approximate surface area is 296 Å². The maximum absolute atomic E-state index is 6.61. The maximum atomic E-state index is 6.61. The second-order valence-corrected chi connectivity index (χ2v) is 17.6. The molecule has 0 saturated carbocycles. The fourth-order valence-corrected chi connectivity index (χ4v) is 12.0. The van der Waals surface area contributed by atoms with E-state index in [0.29, 0.717) is 89.6 Å². The van der Waals surface area contributed by atoms with Crippen LogP contribution in [0.4, 0.5) is 0 Å². The van der Waals surface area contributed by atoms with E-state index < -0.39 is 23.0 Å². The zero-order valence-electron chi connectivity index (χ0n) is 30.5. The van der Waals surface area contributed by atoms with Gasteiger partial charge in [0.05, 0.1) is 0 Å². The van der Waals surface area contributed by atoms with Crippen molar-refractivity contribution in [1.29, 1.82) is 0 Å². The molecule has 0 fully saturated rings. The van der Waals surface area contributed by atoms with E-state index in [2.05, 4.69) is 24.3 Å². The van der Waals surface area contributed by atoms with Crippen LogP contribution in [0.2, 0.25) is 12.1 Å². The van der Waals surface area contributed by atoms with Gasteiger partial charge in [0.1, 0.15) is 30.7 Å². The summed E-state index contributed by atoms with van der Waals surface area (Å²) in [6.07, 6.45) is 2.83. The smallest absolute Gasteiger partial charge is 0.478 e. The Morgan fingerprint density at radius 3 is 1.18 bits per heavy atom. The molecule has 2 heterocycles. The highest BCUT2D eigenvalue weighted by Crippen LogP contribution is 2.44. The molecular formula is C37H58N2O8Si2. The lowest BCUT2D eigenvalue weighted by Crippen LogP contribution is -2.47. The van der Waals surface area contributed by atoms with Gasteiger partial charge in [-0.05, 0) is 78.4 Å². The summed E-state index contributed by atoms with van der Waals surface area (Å²) in [6.45, 7) is 16.0. The van der Waals surface area contributed by atoms with Crippen molar-refractivity contribution in [3.8, 4) is 0 Å². The van der Waals surface area contributed by atoms with Crippen molar-refractivity contribution < 1.29 is 36.0 Å². The molecule has 2 aromatic carbocycles. The van der Waals surface area contributed by atoms with E-state index in [1.165, 1.54) is 0 Å². The summed E-state index contributed by atoms with van der Waals surface area (Å²) in [5, 5.41) is 0. The summed E-state index contributed by atoms with van der Waals surface area (Å²) in [5.74, 6) is 1.34. The van der Waals surface area contributed by atoms with Crippen LogP contribution in [0, 0.1) is 5.41 Å². The fourth-order valence-electron chi connectivity index (χ4n) is 6.82. The Morgan fingerprint density at radius 1 is 0.551 bits per heavy atom. The highest BCUT2D eigenvalue weighted by atomic mass is 28.4. The Morgan fingerprint density at radius 2 is 0.878 bits per heavy atom. The van der Waals surface area contributed by atoms with Crippen LogP contribution >= 0.6 is 0 Å². The van der Waals surface area contributed by atoms with E-state index in [0.717, 1.165) is 24.0 Å². The van der Waals surface area contributed by atoms with Crippen LogP contribution in [-0.2, 0) is 36.0 Å². The molecule has 0 amide bonds. The Kier molecular flexibility index (Phi) is 15.9. The van der Waals surface area contributed by atoms with Crippen LogP contribution in [0.5, 0.6) is 0 Å². The standard InChI is InChI=1S/C37H58N2O8Si2/c1-7-42-48(43-8-2,44-9-3)27-19-25-37(26-20-28-49(45-10-4,46-11-5)47-12-6,35-38-33(29-40-35)31-21-15-13-16-22-31)36-39-34(30-41-36)32-23-17-14-18-24-32/h13-18,21-24,33-34H,7-12,19-20,25-30H2,1-6H3/t33-,34-/m1/s1. The van der Waals surface area contributed by atoms with E-state index >= 15 is 0 Å². The maximum Gasteiger partial charge on any atom is 0.500 e. The molecule has 0 bridgehead atoms. The molecule has 4 rings (SSSR count). The van der Waals surface area contributed by atoms with Crippen molar-refractivity contribution >= 4 is 29.4 Å². The quantitative estimate of drug-likeness (QED) is 0.101. The molecule has 0 spiro atoms. The molecule has 0 aromatic heterocycles. The van der Waals surface area contributed by atoms with Gasteiger partial charge in [0.15, 0.2) is 11.8 Å². The number of ether oxygens (including phenoxy) is 2. The van der Waals surface area contributed by atoms with Gasteiger partial charge >= 0.3 is 17.6 Å². The van der Waals surface area contributed by atoms with Crippen LogP contribution < -0.4 is 0 Å². The molecule has 2 aliphatic rings. The van der Waals surface area contributed by atoms with Gasteiger partial charge in [-0.1, -0.05) is 60.7 Å². The van der Waals surface area contributed by atoms with Gasteiger partial charge in [-0.2, -0.15) is 0 Å². The largest absolute Gasteiger partial charge is 0.500 e. The van der Waals surface area contributed by atoms with Crippen LogP contribution in [-0.4, -0.2) is 82.3 Å². The van der Waals surface area contributed by atoms with E-state index in [9.17, 15) is 0 Å². The third-order valence-corrected chi connectivity index (χ3v) is 15.2. The summed E-state index contributed by atoms with van der Waals surface area (Å²) < 4.78 is 50.8. The molecule has 0 aliphatic carbocycles. The first-order valence-corrected chi connectivity index (χ1v) is 22.1. The van der Waals surface area contributed by atoms with Crippen molar-refractivity contribution in [1.82, 2.24) is 0 Å². The van der Waals surface area contributed by atoms with Crippen LogP contribution in [0.1, 0.15) is 90.4 Å². The molecule has 2 aliphatic heterocycles. The lowest BCUT2D eigenvalue weighted by atomic mass is 9.78. The average molecular weight is 715 g/mol. The summed E-state index contributed by atoms with van der Waals surface area (Å²) >= 11 is 0. The minimum absolute atomic E-state index is 0.116. The van der Waals surface area contributed by atoms with Crippen molar-refractivity contribution in [2.24, 2.45) is 15.4 Å². The summed E-state index contributed by atoms with van der Waals surface area (Å²) in [4.78, 5) is 10.6. The Hall–Kier alpha value is -2.43. The number of hydrogen-bond acceptors (Lipinski definition) is 10. The molecule has 10 nitrogen and oxygen atoms in total. The van der Waals surface area contributed by atoms with Crippen LogP contribution in [0.15, 0.2) is 70.6 Å². The predicted molar refractivity (Wildman–Crippen MR) is 197 cm³/mol. The minimum Gasteiger partial charge on any atom is -0.478 e. The SMILES string of the molecule is CCO[Si](CCCC(CCC[Si](OCC)(OCC)OCC)(C1=N[C@@H](c2ccccc2)CO1)C1=N[C@@H](c2ccccc2)CO1)(OCC)OCC. The summed E-state index contributed by atoms with van der Waals surface area (Å²) in [6, 6.07) is 21.7. The van der Waals surface area contributed by atoms with Crippen LogP contribution in [0.3, 0.4) is 0 Å². The summed E-state index contributed by atoms with van der Waals surface area (Å²) in [7, 11) is -5.83. The average Bonchev–Trinajstić information content (AvgIpc) is 3.81. The summed E-state index contributed by atoms with van der Waals surface area (Å²) in [5.41, 5.74) is 1.50. The predicted octanol–water partition coefficient (Wildman–Crippen LogP) is 7.97. The molecule has 49 heavy (non-hydrogen) atoms. The number of aliphatic imine (C=N–C) groups is 2. The van der Waals surface area contributed by atoms with Gasteiger partial charge in [0.25, 0.3) is 0 Å². The third kappa shape index (κ3) is 10.3. The number of benzene rings is 2. The van der Waals surface area contributed by atoms with Crippen molar-refractivity contribution in [3.63, 3.8) is 0 Å². The van der Waals surface area contributed by atoms with Gasteiger partial charge in [0.2, 0.25) is 0 Å².